The van der Waals surface area contributed by atoms with Gasteiger partial charge in [0.15, 0.2) is 0 Å². The highest BCUT2D eigenvalue weighted by Crippen LogP contribution is 2.34. The van der Waals surface area contributed by atoms with Crippen LogP contribution in [0.4, 0.5) is 24.5 Å². The molecule has 1 amide bonds. The quantitative estimate of drug-likeness (QED) is 0.532. The number of carbonyl (C=O) groups excluding carboxylic acids is 1. The molecule has 3 aromatic rings. The van der Waals surface area contributed by atoms with Crippen molar-refractivity contribution in [3.8, 4) is 23.1 Å². The van der Waals surface area contributed by atoms with Gasteiger partial charge in [0.2, 0.25) is 0 Å². The molecule has 2 aromatic carbocycles. The molecule has 33 heavy (non-hydrogen) atoms. The van der Waals surface area contributed by atoms with Crippen molar-refractivity contribution in [1.29, 1.82) is 5.26 Å². The molecule has 1 aromatic heterocycles. The van der Waals surface area contributed by atoms with Crippen molar-refractivity contribution >= 4 is 17.3 Å². The number of carbonyl (C=O) groups is 1. The second-order valence-electron chi connectivity index (χ2n) is 7.54. The van der Waals surface area contributed by atoms with E-state index in [1.807, 2.05) is 11.0 Å². The van der Waals surface area contributed by atoms with Crippen LogP contribution in [0.5, 0.6) is 5.75 Å². The number of nitrogens with one attached hydrogen (secondary N) is 2. The zero-order chi connectivity index (χ0) is 23.6. The highest BCUT2D eigenvalue weighted by atomic mass is 19.4. The lowest BCUT2D eigenvalue weighted by molar-refractivity contribution is -0.274. The Kier molecular flexibility index (Phi) is 5.98. The normalized spacial score (nSPS) is 15.8. The SMILES string of the molecule is N#Cc1ccc(-c2cc(C(=O)Nc3ccc(OC(F)(F)F)cc3)ccc2N2CCC(O)C2)[nH]1. The third-order valence-corrected chi connectivity index (χ3v) is 5.21. The number of anilines is 2. The van der Waals surface area contributed by atoms with Gasteiger partial charge in [-0.25, -0.2) is 0 Å². The molecular weight excluding hydrogens is 437 g/mol. The number of H-pyrrole nitrogens is 1. The van der Waals surface area contributed by atoms with E-state index in [1.54, 1.807) is 30.3 Å². The van der Waals surface area contributed by atoms with Gasteiger partial charge >= 0.3 is 6.36 Å². The number of alkyl halides is 3. The van der Waals surface area contributed by atoms with E-state index in [4.69, 9.17) is 5.26 Å². The summed E-state index contributed by atoms with van der Waals surface area (Å²) >= 11 is 0. The van der Waals surface area contributed by atoms with E-state index in [1.165, 1.54) is 12.1 Å². The molecule has 1 saturated heterocycles. The van der Waals surface area contributed by atoms with Crippen LogP contribution in [-0.4, -0.2) is 41.6 Å². The maximum atomic E-state index is 12.8. The van der Waals surface area contributed by atoms with Crippen molar-refractivity contribution in [1.82, 2.24) is 4.98 Å². The smallest absolute Gasteiger partial charge is 0.406 e. The van der Waals surface area contributed by atoms with Crippen LogP contribution in [0.25, 0.3) is 11.3 Å². The van der Waals surface area contributed by atoms with Crippen LogP contribution >= 0.6 is 0 Å². The number of aliphatic hydroxyl groups is 1. The van der Waals surface area contributed by atoms with E-state index in [0.29, 0.717) is 47.7 Å². The summed E-state index contributed by atoms with van der Waals surface area (Å²) in [6, 6.07) is 15.3. The van der Waals surface area contributed by atoms with Crippen LogP contribution in [0.1, 0.15) is 22.5 Å². The van der Waals surface area contributed by atoms with Gasteiger partial charge in [0.25, 0.3) is 5.91 Å². The van der Waals surface area contributed by atoms with Gasteiger partial charge in [-0.15, -0.1) is 13.2 Å². The number of benzene rings is 2. The number of β-amino-alcohol motifs (C(OH)–C–C–N with tert-alkyl or cyclic N) is 1. The number of halogens is 3. The molecule has 1 aliphatic heterocycles. The molecule has 0 spiro atoms. The van der Waals surface area contributed by atoms with Gasteiger partial charge in [-0.3, -0.25) is 4.79 Å². The number of aliphatic hydroxyl groups excluding tert-OH is 1. The van der Waals surface area contributed by atoms with E-state index in [9.17, 15) is 23.1 Å². The number of amides is 1. The Bertz CT molecular complexity index is 1200. The van der Waals surface area contributed by atoms with E-state index >= 15 is 0 Å². The molecule has 3 N–H and O–H groups in total. The standard InChI is InChI=1S/C23H19F3N4O3/c24-23(25,26)33-18-5-2-15(3-6-18)29-22(32)14-1-8-21(30-10-9-17(31)13-30)19(11-14)20-7-4-16(12-27)28-20/h1-8,11,17,28,31H,9-10,13H2,(H,29,32). The summed E-state index contributed by atoms with van der Waals surface area (Å²) in [7, 11) is 0. The molecule has 0 bridgehead atoms. The minimum atomic E-state index is -4.79. The van der Waals surface area contributed by atoms with Gasteiger partial charge in [0.05, 0.1) is 6.10 Å². The van der Waals surface area contributed by atoms with Crippen LogP contribution in [-0.2, 0) is 0 Å². The number of hydrogen-bond donors (Lipinski definition) is 3. The second-order valence-corrected chi connectivity index (χ2v) is 7.54. The Morgan fingerprint density at radius 2 is 1.94 bits per heavy atom. The van der Waals surface area contributed by atoms with Crippen LogP contribution in [0.2, 0.25) is 0 Å². The van der Waals surface area contributed by atoms with Crippen molar-refractivity contribution in [3.05, 3.63) is 65.9 Å². The molecule has 0 radical (unpaired) electrons. The fourth-order valence-corrected chi connectivity index (χ4v) is 3.69. The second kappa shape index (κ2) is 8.88. The highest BCUT2D eigenvalue weighted by molar-refractivity contribution is 6.05. The van der Waals surface area contributed by atoms with Crippen LogP contribution < -0.4 is 15.0 Å². The Morgan fingerprint density at radius 3 is 2.55 bits per heavy atom. The summed E-state index contributed by atoms with van der Waals surface area (Å²) in [5, 5.41) is 21.7. The lowest BCUT2D eigenvalue weighted by Crippen LogP contribution is -2.22. The first-order chi connectivity index (χ1) is 15.7. The van der Waals surface area contributed by atoms with Gasteiger partial charge in [0, 0.05) is 41.3 Å². The zero-order valence-electron chi connectivity index (χ0n) is 17.2. The van der Waals surface area contributed by atoms with Crippen molar-refractivity contribution in [2.45, 2.75) is 18.9 Å². The van der Waals surface area contributed by atoms with Crippen molar-refractivity contribution in [2.75, 3.05) is 23.3 Å². The monoisotopic (exact) mass is 456 g/mol. The van der Waals surface area contributed by atoms with Gasteiger partial charge < -0.3 is 25.0 Å². The van der Waals surface area contributed by atoms with Crippen LogP contribution in [0, 0.1) is 11.3 Å². The lowest BCUT2D eigenvalue weighted by atomic mass is 10.0. The fourth-order valence-electron chi connectivity index (χ4n) is 3.69. The summed E-state index contributed by atoms with van der Waals surface area (Å²) in [4.78, 5) is 17.8. The molecule has 0 aliphatic carbocycles. The van der Waals surface area contributed by atoms with Crippen molar-refractivity contribution < 1.29 is 27.8 Å². The molecule has 7 nitrogen and oxygen atoms in total. The van der Waals surface area contributed by atoms with Crippen LogP contribution in [0.15, 0.2) is 54.6 Å². The van der Waals surface area contributed by atoms with Crippen LogP contribution in [0.3, 0.4) is 0 Å². The van der Waals surface area contributed by atoms with Gasteiger partial charge in [-0.05, 0) is 61.0 Å². The van der Waals surface area contributed by atoms with Crippen molar-refractivity contribution in [3.63, 3.8) is 0 Å². The molecular formula is C23H19F3N4O3. The molecule has 0 saturated carbocycles. The first-order valence-electron chi connectivity index (χ1n) is 10.1. The summed E-state index contributed by atoms with van der Waals surface area (Å²) in [6.07, 6.45) is -4.61. The third-order valence-electron chi connectivity index (χ3n) is 5.21. The number of nitrogens with zero attached hydrogens (tertiary/aromatic N) is 2. The Labute approximate surface area is 187 Å². The summed E-state index contributed by atoms with van der Waals surface area (Å²) in [5.41, 5.74) is 3.13. The number of hydrogen-bond acceptors (Lipinski definition) is 5. The number of ether oxygens (including phenoxy) is 1. The largest absolute Gasteiger partial charge is 0.573 e. The number of aromatic nitrogens is 1. The zero-order valence-corrected chi connectivity index (χ0v) is 17.2. The molecule has 4 rings (SSSR count). The first kappa shape index (κ1) is 22.2. The average Bonchev–Trinajstić information content (AvgIpc) is 3.42. The Morgan fingerprint density at radius 1 is 1.18 bits per heavy atom. The molecule has 1 aliphatic rings. The van der Waals surface area contributed by atoms with Gasteiger partial charge in [-0.2, -0.15) is 5.26 Å². The summed E-state index contributed by atoms with van der Waals surface area (Å²) in [6.45, 7) is 1.11. The fraction of sp³-hybridized carbons (Fsp3) is 0.217. The summed E-state index contributed by atoms with van der Waals surface area (Å²) < 4.78 is 40.8. The van der Waals surface area contributed by atoms with E-state index in [2.05, 4.69) is 15.0 Å². The first-order valence-corrected chi connectivity index (χ1v) is 10.1. The third kappa shape index (κ3) is 5.27. The molecule has 1 unspecified atom stereocenters. The van der Waals surface area contributed by atoms with E-state index in [0.717, 1.165) is 17.8 Å². The predicted octanol–water partition coefficient (Wildman–Crippen LogP) is 4.28. The molecule has 1 fully saturated rings. The Hall–Kier alpha value is -3.97. The molecule has 2 heterocycles. The minimum absolute atomic E-state index is 0.300. The molecule has 170 valence electrons. The van der Waals surface area contributed by atoms with Crippen molar-refractivity contribution in [2.24, 2.45) is 0 Å². The Balaban J connectivity index is 1.59. The molecule has 10 heteroatoms. The average molecular weight is 456 g/mol. The highest BCUT2D eigenvalue weighted by Gasteiger charge is 2.31. The number of aromatic amines is 1. The van der Waals surface area contributed by atoms with E-state index in [-0.39, 0.29) is 5.75 Å². The predicted molar refractivity (Wildman–Crippen MR) is 115 cm³/mol. The maximum Gasteiger partial charge on any atom is 0.573 e. The topological polar surface area (TPSA) is 101 Å². The van der Waals surface area contributed by atoms with E-state index < -0.39 is 18.4 Å². The molecule has 1 atom stereocenters. The van der Waals surface area contributed by atoms with Gasteiger partial charge in [0.1, 0.15) is 17.5 Å². The number of rotatable bonds is 5. The summed E-state index contributed by atoms with van der Waals surface area (Å²) in [5.74, 6) is -0.846. The maximum absolute atomic E-state index is 12.8. The number of nitriles is 1. The van der Waals surface area contributed by atoms with Gasteiger partial charge in [-0.1, -0.05) is 0 Å². The minimum Gasteiger partial charge on any atom is -0.406 e. The lowest BCUT2D eigenvalue weighted by Gasteiger charge is -2.22.